The summed E-state index contributed by atoms with van der Waals surface area (Å²) in [6.45, 7) is 4.28. The molecule has 2 aromatic rings. The number of hydrogen-bond acceptors (Lipinski definition) is 5. The van der Waals surface area contributed by atoms with Crippen LogP contribution in [0.1, 0.15) is 5.56 Å². The molecule has 0 atom stereocenters. The quantitative estimate of drug-likeness (QED) is 0.596. The Morgan fingerprint density at radius 1 is 0.897 bits per heavy atom. The topological polar surface area (TPSA) is 58.6 Å². The number of para-hydroxylation sites is 2. The van der Waals surface area contributed by atoms with Crippen molar-refractivity contribution < 1.29 is 14.2 Å². The van der Waals surface area contributed by atoms with Crippen LogP contribution >= 0.6 is 0 Å². The molecule has 156 valence electrons. The van der Waals surface area contributed by atoms with Crippen LogP contribution < -0.4 is 24.4 Å². The molecule has 1 aliphatic heterocycles. The molecule has 0 unspecified atom stereocenters. The Kier molecular flexibility index (Phi) is 7.05. The van der Waals surface area contributed by atoms with Crippen LogP contribution in [0.4, 0.5) is 5.69 Å². The third-order valence-electron chi connectivity index (χ3n) is 5.12. The molecule has 0 saturated carbocycles. The Morgan fingerprint density at radius 2 is 1.59 bits per heavy atom. The minimum absolute atomic E-state index is 0.666. The number of nitrogens with zero attached hydrogens (tertiary/aromatic N) is 3. The van der Waals surface area contributed by atoms with Crippen molar-refractivity contribution in [2.45, 2.75) is 6.54 Å². The van der Waals surface area contributed by atoms with Gasteiger partial charge >= 0.3 is 0 Å². The van der Waals surface area contributed by atoms with Crippen molar-refractivity contribution in [3.05, 3.63) is 48.0 Å². The third-order valence-corrected chi connectivity index (χ3v) is 5.12. The van der Waals surface area contributed by atoms with Gasteiger partial charge in [0.25, 0.3) is 0 Å². The Bertz CT molecular complexity index is 833. The van der Waals surface area contributed by atoms with Gasteiger partial charge in [0, 0.05) is 39.8 Å². The highest BCUT2D eigenvalue weighted by molar-refractivity contribution is 5.80. The molecule has 0 radical (unpaired) electrons. The molecule has 7 nitrogen and oxygen atoms in total. The zero-order valence-electron chi connectivity index (χ0n) is 17.6. The first kappa shape index (κ1) is 20.6. The largest absolute Gasteiger partial charge is 0.495 e. The van der Waals surface area contributed by atoms with E-state index in [1.54, 1.807) is 21.3 Å². The van der Waals surface area contributed by atoms with Crippen molar-refractivity contribution in [1.82, 2.24) is 10.2 Å². The summed E-state index contributed by atoms with van der Waals surface area (Å²) in [5.74, 6) is 3.27. The van der Waals surface area contributed by atoms with E-state index in [4.69, 9.17) is 14.2 Å². The fourth-order valence-corrected chi connectivity index (χ4v) is 3.55. The monoisotopic (exact) mass is 398 g/mol. The van der Waals surface area contributed by atoms with Crippen LogP contribution in [0.25, 0.3) is 0 Å². The number of aliphatic imine (C=N–C) groups is 1. The van der Waals surface area contributed by atoms with Crippen LogP contribution in [0.15, 0.2) is 47.5 Å². The smallest absolute Gasteiger partial charge is 0.194 e. The van der Waals surface area contributed by atoms with Gasteiger partial charge in [-0.1, -0.05) is 18.2 Å². The lowest BCUT2D eigenvalue weighted by Crippen LogP contribution is -2.52. The normalized spacial score (nSPS) is 14.6. The Hall–Kier alpha value is -3.09. The van der Waals surface area contributed by atoms with E-state index in [0.29, 0.717) is 6.54 Å². The number of benzene rings is 2. The Morgan fingerprint density at radius 3 is 2.24 bits per heavy atom. The SMILES string of the molecule is CN=C(NCc1ccc(OC)c(OC)c1)N1CCN(c2ccccc2OC)CC1. The first-order chi connectivity index (χ1) is 14.2. The van der Waals surface area contributed by atoms with Gasteiger partial charge in [-0.25, -0.2) is 0 Å². The van der Waals surface area contributed by atoms with Gasteiger partial charge in [0.05, 0.1) is 27.0 Å². The van der Waals surface area contributed by atoms with Crippen molar-refractivity contribution in [2.75, 3.05) is 59.5 Å². The lowest BCUT2D eigenvalue weighted by Gasteiger charge is -2.38. The molecule has 1 saturated heterocycles. The number of methoxy groups -OCH3 is 3. The Labute approximate surface area is 172 Å². The van der Waals surface area contributed by atoms with E-state index in [0.717, 1.165) is 60.6 Å². The molecule has 0 spiro atoms. The van der Waals surface area contributed by atoms with E-state index in [1.807, 2.05) is 43.4 Å². The molecule has 1 heterocycles. The minimum Gasteiger partial charge on any atom is -0.495 e. The van der Waals surface area contributed by atoms with Gasteiger partial charge in [-0.05, 0) is 29.8 Å². The zero-order chi connectivity index (χ0) is 20.6. The second-order valence-electron chi connectivity index (χ2n) is 6.74. The summed E-state index contributed by atoms with van der Waals surface area (Å²) in [5, 5.41) is 3.46. The van der Waals surface area contributed by atoms with E-state index in [1.165, 1.54) is 0 Å². The molecule has 0 aromatic heterocycles. The highest BCUT2D eigenvalue weighted by Gasteiger charge is 2.21. The summed E-state index contributed by atoms with van der Waals surface area (Å²) < 4.78 is 16.2. The number of guanidine groups is 1. The summed E-state index contributed by atoms with van der Waals surface area (Å²) >= 11 is 0. The van der Waals surface area contributed by atoms with Gasteiger partial charge < -0.3 is 29.3 Å². The maximum Gasteiger partial charge on any atom is 0.194 e. The van der Waals surface area contributed by atoms with Crippen molar-refractivity contribution in [1.29, 1.82) is 0 Å². The van der Waals surface area contributed by atoms with E-state index < -0.39 is 0 Å². The average Bonchev–Trinajstić information content (AvgIpc) is 2.79. The molecule has 1 fully saturated rings. The van der Waals surface area contributed by atoms with Crippen LogP contribution in [-0.2, 0) is 6.54 Å². The van der Waals surface area contributed by atoms with Gasteiger partial charge in [-0.15, -0.1) is 0 Å². The van der Waals surface area contributed by atoms with Gasteiger partial charge in [-0.3, -0.25) is 4.99 Å². The zero-order valence-corrected chi connectivity index (χ0v) is 17.6. The average molecular weight is 399 g/mol. The molecule has 1 N–H and O–H groups in total. The molecule has 0 aliphatic carbocycles. The number of rotatable bonds is 6. The molecule has 0 amide bonds. The summed E-state index contributed by atoms with van der Waals surface area (Å²) in [7, 11) is 6.83. The third kappa shape index (κ3) is 4.85. The molecule has 2 aromatic carbocycles. The number of hydrogen-bond donors (Lipinski definition) is 1. The highest BCUT2D eigenvalue weighted by atomic mass is 16.5. The summed E-state index contributed by atoms with van der Waals surface area (Å²) in [4.78, 5) is 9.11. The van der Waals surface area contributed by atoms with Crippen molar-refractivity contribution >= 4 is 11.6 Å². The van der Waals surface area contributed by atoms with Crippen LogP contribution in [-0.4, -0.2) is 65.4 Å². The summed E-state index contributed by atoms with van der Waals surface area (Å²) in [6.07, 6.45) is 0. The molecule has 1 aliphatic rings. The Balaban J connectivity index is 1.58. The van der Waals surface area contributed by atoms with Crippen molar-refractivity contribution in [3.8, 4) is 17.2 Å². The second-order valence-corrected chi connectivity index (χ2v) is 6.74. The summed E-state index contributed by atoms with van der Waals surface area (Å²) in [6, 6.07) is 14.1. The number of piperazine rings is 1. The minimum atomic E-state index is 0.666. The van der Waals surface area contributed by atoms with Gasteiger partial charge in [0.2, 0.25) is 0 Å². The molecule has 29 heavy (non-hydrogen) atoms. The van der Waals surface area contributed by atoms with Gasteiger partial charge in [0.15, 0.2) is 17.5 Å². The van der Waals surface area contributed by atoms with Gasteiger partial charge in [0.1, 0.15) is 5.75 Å². The lowest BCUT2D eigenvalue weighted by molar-refractivity contribution is 0.354. The molecular weight excluding hydrogens is 368 g/mol. The fourth-order valence-electron chi connectivity index (χ4n) is 3.55. The molecular formula is C22H30N4O3. The van der Waals surface area contributed by atoms with Crippen LogP contribution in [0, 0.1) is 0 Å². The van der Waals surface area contributed by atoms with E-state index in [2.05, 4.69) is 26.2 Å². The standard InChI is InChI=1S/C22H30N4O3/c1-23-22(24-16-17-9-10-20(28-3)21(15-17)29-4)26-13-11-25(12-14-26)18-7-5-6-8-19(18)27-2/h5-10,15H,11-14,16H2,1-4H3,(H,23,24). The van der Waals surface area contributed by atoms with Crippen LogP contribution in [0.3, 0.4) is 0 Å². The molecule has 7 heteroatoms. The van der Waals surface area contributed by atoms with Crippen molar-refractivity contribution in [2.24, 2.45) is 4.99 Å². The first-order valence-electron chi connectivity index (χ1n) is 9.74. The van der Waals surface area contributed by atoms with E-state index in [-0.39, 0.29) is 0 Å². The number of ether oxygens (including phenoxy) is 3. The van der Waals surface area contributed by atoms with E-state index >= 15 is 0 Å². The molecule has 0 bridgehead atoms. The predicted octanol–water partition coefficient (Wildman–Crippen LogP) is 2.61. The maximum absolute atomic E-state index is 5.51. The maximum atomic E-state index is 5.51. The number of nitrogens with one attached hydrogen (secondary N) is 1. The first-order valence-corrected chi connectivity index (χ1v) is 9.74. The second kappa shape index (κ2) is 9.91. The number of anilines is 1. The molecule has 3 rings (SSSR count). The summed E-state index contributed by atoms with van der Waals surface area (Å²) in [5.41, 5.74) is 2.25. The fraction of sp³-hybridized carbons (Fsp3) is 0.409. The van der Waals surface area contributed by atoms with Crippen LogP contribution in [0.5, 0.6) is 17.2 Å². The highest BCUT2D eigenvalue weighted by Crippen LogP contribution is 2.29. The van der Waals surface area contributed by atoms with Gasteiger partial charge in [-0.2, -0.15) is 0 Å². The lowest BCUT2D eigenvalue weighted by atomic mass is 10.2. The van der Waals surface area contributed by atoms with Crippen molar-refractivity contribution in [3.63, 3.8) is 0 Å². The van der Waals surface area contributed by atoms with Crippen LogP contribution in [0.2, 0.25) is 0 Å². The predicted molar refractivity (Wildman–Crippen MR) is 117 cm³/mol. The van der Waals surface area contributed by atoms with E-state index in [9.17, 15) is 0 Å².